The zero-order valence-electron chi connectivity index (χ0n) is 42.7. The molecule has 7 fully saturated rings. The third-order valence-electron chi connectivity index (χ3n) is 18.2. The largest absolute Gasteiger partial charge is 0.508 e. The lowest BCUT2D eigenvalue weighted by molar-refractivity contribution is -0.167. The van der Waals surface area contributed by atoms with E-state index in [-0.39, 0.29) is 52.5 Å². The number of fused-ring (bicyclic) bond motifs is 3. The number of hydrogen-bond acceptors (Lipinski definition) is 14. The van der Waals surface area contributed by atoms with E-state index in [4.69, 9.17) is 24.2 Å². The van der Waals surface area contributed by atoms with Gasteiger partial charge in [-0.2, -0.15) is 9.97 Å². The molecule has 2 spiro atoms. The molecule has 3 amide bonds. The summed E-state index contributed by atoms with van der Waals surface area (Å²) in [6.45, 7) is 13.3. The molecular weight excluding hydrogens is 961 g/mol. The third kappa shape index (κ3) is 9.02. The highest BCUT2D eigenvalue weighted by Crippen LogP contribution is 2.54. The van der Waals surface area contributed by atoms with Crippen molar-refractivity contribution in [1.82, 2.24) is 35.0 Å². The SMILES string of the molecule is CCc1c(F)ccc2cc(O)cc(-c3ncc4c(N5CCOCC6(CCO6)C5)nc(OCC5(CN6CCC7(CC6)CC(CN6CCN(c8ccc9c(c8)CN([C@H]8CCC(=O)NC8=O)C9=O)CC6)C7)CC5)nc4c3F)c12. The number of piperidine rings is 2. The second-order valence-electron chi connectivity index (χ2n) is 23.1. The van der Waals surface area contributed by atoms with E-state index < -0.39 is 23.3 Å². The summed E-state index contributed by atoms with van der Waals surface area (Å²) in [7, 11) is 0. The summed E-state index contributed by atoms with van der Waals surface area (Å²) in [6, 6.07) is 11.5. The molecule has 2 N–H and O–H groups in total. The van der Waals surface area contributed by atoms with Gasteiger partial charge in [0, 0.05) is 93.6 Å². The fourth-order valence-corrected chi connectivity index (χ4v) is 13.7. The molecule has 8 aliphatic rings. The molecule has 3 aromatic carbocycles. The molecular formula is C57H65F2N9O7. The van der Waals surface area contributed by atoms with Gasteiger partial charge < -0.3 is 38.9 Å². The molecule has 2 atom stereocenters. The standard InChI is InChI=1S/C57H65F2N9O7/c1-2-40-44(58)6-3-36-24-39(69)25-42(47(36)40)49-48(59)50-43(28-60-49)51(67-20-22-73-34-57(32-67)13-21-75-57)63-54(62-50)74-33-56(9-10-56)31-65-14-11-55(12-15-65)26-35(27-55)29-64-16-18-66(19-17-64)38-4-5-41-37(23-38)30-68(53(41)72)45-7-8-46(70)61-52(45)71/h3-6,23-25,28,35,45,69H,2,7-22,26-27,29-34H2,1H3,(H,61,70,71)/t45-,57?/m0/s1. The number of aryl methyl sites for hydroxylation is 1. The van der Waals surface area contributed by atoms with Crippen LogP contribution in [0.3, 0.4) is 0 Å². The number of carbonyl (C=O) groups excluding carboxylic acids is 3. The van der Waals surface area contributed by atoms with E-state index in [1.807, 2.05) is 19.1 Å². The topological polar surface area (TPSA) is 166 Å². The smallest absolute Gasteiger partial charge is 0.319 e. The van der Waals surface area contributed by atoms with Crippen molar-refractivity contribution in [3.8, 4) is 23.0 Å². The Kier molecular flexibility index (Phi) is 12.2. The number of benzene rings is 3. The van der Waals surface area contributed by atoms with E-state index in [1.54, 1.807) is 23.2 Å². The van der Waals surface area contributed by atoms with Gasteiger partial charge in [-0.1, -0.05) is 13.0 Å². The maximum Gasteiger partial charge on any atom is 0.319 e. The Morgan fingerprint density at radius 2 is 1.69 bits per heavy atom. The highest BCUT2D eigenvalue weighted by Gasteiger charge is 2.50. The summed E-state index contributed by atoms with van der Waals surface area (Å²) in [5.41, 5.74) is 3.33. The minimum Gasteiger partial charge on any atom is -0.508 e. The molecule has 0 radical (unpaired) electrons. The molecule has 5 aromatic rings. The number of halogens is 2. The fraction of sp³-hybridized carbons (Fsp3) is 0.544. The molecule has 8 heterocycles. The molecule has 18 heteroatoms. The van der Waals surface area contributed by atoms with Gasteiger partial charge in [0.1, 0.15) is 40.2 Å². The summed E-state index contributed by atoms with van der Waals surface area (Å²) >= 11 is 0. The Balaban J connectivity index is 0.635. The van der Waals surface area contributed by atoms with Crippen LogP contribution in [-0.2, 0) is 32.0 Å². The van der Waals surface area contributed by atoms with E-state index >= 15 is 8.78 Å². The van der Waals surface area contributed by atoms with Crippen LogP contribution < -0.4 is 19.9 Å². The first-order chi connectivity index (χ1) is 36.4. The monoisotopic (exact) mass is 1030 g/mol. The molecule has 13 rings (SSSR count). The highest BCUT2D eigenvalue weighted by molar-refractivity contribution is 6.06. The first-order valence-electron chi connectivity index (χ1n) is 27.2. The van der Waals surface area contributed by atoms with Crippen LogP contribution in [0.1, 0.15) is 86.2 Å². The van der Waals surface area contributed by atoms with Gasteiger partial charge >= 0.3 is 6.01 Å². The second kappa shape index (κ2) is 18.9. The van der Waals surface area contributed by atoms with Crippen LogP contribution in [0.4, 0.5) is 20.3 Å². The van der Waals surface area contributed by atoms with E-state index in [0.717, 1.165) is 82.9 Å². The molecule has 1 unspecified atom stereocenters. The predicted octanol–water partition coefficient (Wildman–Crippen LogP) is 6.62. The fourth-order valence-electron chi connectivity index (χ4n) is 13.7. The first-order valence-corrected chi connectivity index (χ1v) is 27.2. The molecule has 5 saturated heterocycles. The van der Waals surface area contributed by atoms with E-state index in [0.29, 0.717) is 109 Å². The maximum atomic E-state index is 17.3. The van der Waals surface area contributed by atoms with Crippen molar-refractivity contribution in [1.29, 1.82) is 0 Å². The Hall–Kier alpha value is -6.08. The second-order valence-corrected chi connectivity index (χ2v) is 23.1. The number of piperazine rings is 1. The van der Waals surface area contributed by atoms with E-state index in [9.17, 15) is 19.5 Å². The average Bonchev–Trinajstić information content (AvgIpc) is 4.14. The Morgan fingerprint density at radius 1 is 0.880 bits per heavy atom. The van der Waals surface area contributed by atoms with Crippen molar-refractivity contribution in [2.75, 3.05) is 102 Å². The van der Waals surface area contributed by atoms with Gasteiger partial charge in [0.15, 0.2) is 5.82 Å². The number of anilines is 2. The van der Waals surface area contributed by atoms with Gasteiger partial charge in [-0.15, -0.1) is 0 Å². The highest BCUT2D eigenvalue weighted by atomic mass is 19.1. The van der Waals surface area contributed by atoms with Gasteiger partial charge in [0.05, 0.1) is 38.4 Å². The first kappa shape index (κ1) is 48.6. The van der Waals surface area contributed by atoms with Crippen molar-refractivity contribution in [2.24, 2.45) is 16.7 Å². The lowest BCUT2D eigenvalue weighted by atomic mass is 9.57. The molecule has 394 valence electrons. The van der Waals surface area contributed by atoms with Crippen molar-refractivity contribution in [3.63, 3.8) is 0 Å². The molecule has 16 nitrogen and oxygen atoms in total. The Labute approximate surface area is 434 Å². The molecule has 0 bridgehead atoms. The normalized spacial score (nSPS) is 24.9. The quantitative estimate of drug-likeness (QED) is 0.128. The Bertz CT molecular complexity index is 3110. The third-order valence-corrected chi connectivity index (χ3v) is 18.2. The number of aromatic hydroxyl groups is 1. The predicted molar refractivity (Wildman–Crippen MR) is 277 cm³/mol. The van der Waals surface area contributed by atoms with Crippen LogP contribution in [0.15, 0.2) is 48.7 Å². The minimum absolute atomic E-state index is 0.0353. The number of phenols is 1. The zero-order valence-corrected chi connectivity index (χ0v) is 42.7. The van der Waals surface area contributed by atoms with Crippen LogP contribution in [0.5, 0.6) is 11.8 Å². The molecule has 6 aliphatic heterocycles. The van der Waals surface area contributed by atoms with Gasteiger partial charge in [0.25, 0.3) is 5.91 Å². The van der Waals surface area contributed by atoms with Gasteiger partial charge in [-0.3, -0.25) is 29.6 Å². The van der Waals surface area contributed by atoms with Crippen LogP contribution in [0.25, 0.3) is 32.9 Å². The minimum atomic E-state index is -0.695. The Morgan fingerprint density at radius 3 is 2.44 bits per heavy atom. The number of pyridine rings is 1. The van der Waals surface area contributed by atoms with Gasteiger partial charge in [-0.25, -0.2) is 8.78 Å². The van der Waals surface area contributed by atoms with Gasteiger partial charge in [-0.05, 0) is 134 Å². The molecule has 2 aliphatic carbocycles. The maximum absolute atomic E-state index is 17.3. The lowest BCUT2D eigenvalue weighted by Gasteiger charge is -2.54. The van der Waals surface area contributed by atoms with Crippen LogP contribution in [-0.4, -0.2) is 156 Å². The number of aromatic nitrogens is 3. The number of hydrogen-bond donors (Lipinski definition) is 2. The van der Waals surface area contributed by atoms with E-state index in [1.165, 1.54) is 37.8 Å². The number of ether oxygens (including phenoxy) is 3. The number of phenolic OH excluding ortho intramolecular Hbond substituents is 1. The van der Waals surface area contributed by atoms with Crippen molar-refractivity contribution < 1.29 is 42.5 Å². The summed E-state index contributed by atoms with van der Waals surface area (Å²) < 4.78 is 51.2. The summed E-state index contributed by atoms with van der Waals surface area (Å²) in [5, 5.41) is 14.7. The number of rotatable bonds is 12. The lowest BCUT2D eigenvalue weighted by Crippen LogP contribution is -2.54. The van der Waals surface area contributed by atoms with Gasteiger partial charge in [0.2, 0.25) is 11.8 Å². The number of amides is 3. The number of nitrogens with zero attached hydrogens (tertiary/aromatic N) is 8. The summed E-state index contributed by atoms with van der Waals surface area (Å²) in [6.07, 6.45) is 10.4. The number of nitrogens with one attached hydrogen (secondary N) is 1. The zero-order chi connectivity index (χ0) is 51.2. The van der Waals surface area contributed by atoms with Crippen molar-refractivity contribution in [2.45, 2.75) is 89.3 Å². The van der Waals surface area contributed by atoms with Crippen LogP contribution in [0.2, 0.25) is 0 Å². The number of imide groups is 1. The summed E-state index contributed by atoms with van der Waals surface area (Å²) in [5.74, 6) is -0.768. The number of carbonyl (C=O) groups is 3. The van der Waals surface area contributed by atoms with Crippen molar-refractivity contribution in [3.05, 3.63) is 77.0 Å². The molecule has 2 saturated carbocycles. The number of likely N-dealkylation sites (tertiary alicyclic amines) is 1. The van der Waals surface area contributed by atoms with E-state index in [2.05, 4.69) is 36.0 Å². The summed E-state index contributed by atoms with van der Waals surface area (Å²) in [4.78, 5) is 63.2. The molecule has 75 heavy (non-hydrogen) atoms. The van der Waals surface area contributed by atoms with Crippen molar-refractivity contribution >= 4 is 50.9 Å². The average molecular weight is 1030 g/mol. The molecule has 2 aromatic heterocycles. The van der Waals surface area contributed by atoms with Crippen LogP contribution >= 0.6 is 0 Å². The van der Waals surface area contributed by atoms with Crippen LogP contribution in [0, 0.1) is 28.4 Å².